The second-order valence-electron chi connectivity index (χ2n) is 4.11. The fraction of sp³-hybridized carbons (Fsp3) is 0.889. The molecule has 0 aromatic carbocycles. The Morgan fingerprint density at radius 3 is 2.58 bits per heavy atom. The lowest BCUT2D eigenvalue weighted by atomic mass is 9.94. The Morgan fingerprint density at radius 1 is 1.50 bits per heavy atom. The van der Waals surface area contributed by atoms with Crippen LogP contribution in [0.2, 0.25) is 0 Å². The Morgan fingerprint density at radius 2 is 2.17 bits per heavy atom. The van der Waals surface area contributed by atoms with Gasteiger partial charge in [-0.1, -0.05) is 0 Å². The van der Waals surface area contributed by atoms with Gasteiger partial charge in [0.25, 0.3) is 0 Å². The molecule has 2 saturated carbocycles. The van der Waals surface area contributed by atoms with E-state index in [4.69, 9.17) is 11.6 Å². The molecule has 12 heavy (non-hydrogen) atoms. The highest BCUT2D eigenvalue weighted by Crippen LogP contribution is 2.47. The van der Waals surface area contributed by atoms with Crippen LogP contribution in [-0.2, 0) is 4.79 Å². The van der Waals surface area contributed by atoms with Crippen molar-refractivity contribution in [1.82, 2.24) is 5.32 Å². The summed E-state index contributed by atoms with van der Waals surface area (Å²) in [6, 6.07) is 0. The molecule has 68 valence electrons. The molecular formula is C9H14ClNO. The van der Waals surface area contributed by atoms with Crippen LogP contribution in [-0.4, -0.2) is 17.3 Å². The lowest BCUT2D eigenvalue weighted by Crippen LogP contribution is -2.45. The summed E-state index contributed by atoms with van der Waals surface area (Å²) < 4.78 is 0. The summed E-state index contributed by atoms with van der Waals surface area (Å²) in [6.45, 7) is 0. The third-order valence-electron chi connectivity index (χ3n) is 3.27. The summed E-state index contributed by atoms with van der Waals surface area (Å²) in [7, 11) is 0. The minimum Gasteiger partial charge on any atom is -0.350 e. The van der Waals surface area contributed by atoms with Gasteiger partial charge in [-0.15, -0.1) is 11.6 Å². The average molecular weight is 188 g/mol. The molecule has 1 N–H and O–H groups in total. The second kappa shape index (κ2) is 2.91. The van der Waals surface area contributed by atoms with Crippen LogP contribution < -0.4 is 5.32 Å². The fourth-order valence-electron chi connectivity index (χ4n) is 2.70. The van der Waals surface area contributed by atoms with Gasteiger partial charge in [0.15, 0.2) is 0 Å². The predicted octanol–water partition coefficient (Wildman–Crippen LogP) is 1.67. The van der Waals surface area contributed by atoms with Crippen molar-refractivity contribution in [2.24, 2.45) is 5.92 Å². The number of hydrogen-bond donors (Lipinski definition) is 1. The first-order valence-electron chi connectivity index (χ1n) is 4.61. The van der Waals surface area contributed by atoms with E-state index < -0.39 is 0 Å². The summed E-state index contributed by atoms with van der Waals surface area (Å²) in [5.41, 5.74) is 0.149. The standard InChI is InChI=1S/C9H14ClNO/c10-6-8(12)11-9-3-1-7(5-9)2-4-9/h7H,1-6H2,(H,11,12). The molecule has 1 amide bonds. The van der Waals surface area contributed by atoms with E-state index in [0.29, 0.717) is 0 Å². The van der Waals surface area contributed by atoms with Crippen molar-refractivity contribution in [3.8, 4) is 0 Å². The number of rotatable bonds is 2. The summed E-state index contributed by atoms with van der Waals surface area (Å²) in [6.07, 6.45) is 6.11. The molecule has 0 atom stereocenters. The quantitative estimate of drug-likeness (QED) is 0.655. The second-order valence-corrected chi connectivity index (χ2v) is 4.38. The number of carbonyl (C=O) groups is 1. The normalized spacial score (nSPS) is 38.6. The number of fused-ring (bicyclic) bond motifs is 2. The van der Waals surface area contributed by atoms with Gasteiger partial charge in [0.05, 0.1) is 0 Å². The lowest BCUT2D eigenvalue weighted by molar-refractivity contribution is -0.120. The number of alkyl halides is 1. The molecule has 0 aliphatic heterocycles. The van der Waals surface area contributed by atoms with E-state index in [1.807, 2.05) is 0 Å². The van der Waals surface area contributed by atoms with Gasteiger partial charge < -0.3 is 5.32 Å². The summed E-state index contributed by atoms with van der Waals surface area (Å²) >= 11 is 5.45. The summed E-state index contributed by atoms with van der Waals surface area (Å²) in [5.74, 6) is 0.978. The number of halogens is 1. The zero-order valence-corrected chi connectivity index (χ0v) is 7.86. The minimum atomic E-state index is -0.000725. The first-order chi connectivity index (χ1) is 5.74. The Kier molecular flexibility index (Phi) is 2.03. The fourth-order valence-corrected chi connectivity index (χ4v) is 2.76. The Hall–Kier alpha value is -0.240. The topological polar surface area (TPSA) is 29.1 Å². The van der Waals surface area contributed by atoms with Crippen LogP contribution in [0.15, 0.2) is 0 Å². The SMILES string of the molecule is O=C(CCl)NC12CCC(CC1)C2. The average Bonchev–Trinajstić information content (AvgIpc) is 2.63. The van der Waals surface area contributed by atoms with Crippen molar-refractivity contribution in [1.29, 1.82) is 0 Å². The highest BCUT2D eigenvalue weighted by Gasteiger charge is 2.45. The molecule has 3 heteroatoms. The molecule has 0 radical (unpaired) electrons. The van der Waals surface area contributed by atoms with Crippen LogP contribution in [0.1, 0.15) is 32.1 Å². The van der Waals surface area contributed by atoms with Gasteiger partial charge in [-0.3, -0.25) is 4.79 Å². The van der Waals surface area contributed by atoms with Crippen LogP contribution in [0.3, 0.4) is 0 Å². The third-order valence-corrected chi connectivity index (χ3v) is 3.51. The zero-order chi connectivity index (χ0) is 8.60. The Labute approximate surface area is 77.7 Å². The molecule has 2 nitrogen and oxygen atoms in total. The number of amides is 1. The smallest absolute Gasteiger partial charge is 0.235 e. The van der Waals surface area contributed by atoms with Gasteiger partial charge in [-0.05, 0) is 38.0 Å². The minimum absolute atomic E-state index is 0.000725. The van der Waals surface area contributed by atoms with Crippen molar-refractivity contribution in [2.75, 3.05) is 5.88 Å². The van der Waals surface area contributed by atoms with Crippen LogP contribution in [0, 0.1) is 5.92 Å². The number of hydrogen-bond acceptors (Lipinski definition) is 1. The van der Waals surface area contributed by atoms with E-state index in [0.717, 1.165) is 5.92 Å². The van der Waals surface area contributed by atoms with E-state index >= 15 is 0 Å². The maximum absolute atomic E-state index is 11.1. The molecule has 2 aliphatic carbocycles. The maximum atomic E-state index is 11.1. The van der Waals surface area contributed by atoms with Crippen LogP contribution in [0.25, 0.3) is 0 Å². The van der Waals surface area contributed by atoms with Crippen molar-refractivity contribution >= 4 is 17.5 Å². The van der Waals surface area contributed by atoms with E-state index in [1.54, 1.807) is 0 Å². The van der Waals surface area contributed by atoms with E-state index in [1.165, 1.54) is 32.1 Å². The monoisotopic (exact) mass is 187 g/mol. The van der Waals surface area contributed by atoms with Gasteiger partial charge >= 0.3 is 0 Å². The van der Waals surface area contributed by atoms with Crippen molar-refractivity contribution in [2.45, 2.75) is 37.6 Å². The summed E-state index contributed by atoms with van der Waals surface area (Å²) in [4.78, 5) is 11.1. The summed E-state index contributed by atoms with van der Waals surface area (Å²) in [5, 5.41) is 3.06. The van der Waals surface area contributed by atoms with Gasteiger partial charge in [-0.2, -0.15) is 0 Å². The van der Waals surface area contributed by atoms with Crippen LogP contribution in [0.5, 0.6) is 0 Å². The molecule has 2 bridgehead atoms. The van der Waals surface area contributed by atoms with Crippen molar-refractivity contribution in [3.63, 3.8) is 0 Å². The first-order valence-corrected chi connectivity index (χ1v) is 5.14. The van der Waals surface area contributed by atoms with Crippen molar-refractivity contribution in [3.05, 3.63) is 0 Å². The van der Waals surface area contributed by atoms with E-state index in [-0.39, 0.29) is 17.3 Å². The molecule has 0 heterocycles. The van der Waals surface area contributed by atoms with Gasteiger partial charge in [0.1, 0.15) is 5.88 Å². The number of nitrogens with one attached hydrogen (secondary N) is 1. The molecule has 0 aromatic rings. The molecule has 0 aromatic heterocycles. The van der Waals surface area contributed by atoms with Crippen LogP contribution in [0.4, 0.5) is 0 Å². The number of carbonyl (C=O) groups excluding carboxylic acids is 1. The molecular weight excluding hydrogens is 174 g/mol. The van der Waals surface area contributed by atoms with Gasteiger partial charge in [-0.25, -0.2) is 0 Å². The van der Waals surface area contributed by atoms with Crippen molar-refractivity contribution < 1.29 is 4.79 Å². The molecule has 2 aliphatic rings. The third kappa shape index (κ3) is 1.33. The van der Waals surface area contributed by atoms with Gasteiger partial charge in [0.2, 0.25) is 5.91 Å². The van der Waals surface area contributed by atoms with E-state index in [9.17, 15) is 4.79 Å². The highest BCUT2D eigenvalue weighted by atomic mass is 35.5. The molecule has 2 fully saturated rings. The Bertz CT molecular complexity index is 197. The predicted molar refractivity (Wildman–Crippen MR) is 48.2 cm³/mol. The lowest BCUT2D eigenvalue weighted by Gasteiger charge is -2.27. The largest absolute Gasteiger partial charge is 0.350 e. The maximum Gasteiger partial charge on any atom is 0.235 e. The van der Waals surface area contributed by atoms with Gasteiger partial charge in [0, 0.05) is 5.54 Å². The first kappa shape index (κ1) is 8.36. The highest BCUT2D eigenvalue weighted by molar-refractivity contribution is 6.27. The van der Waals surface area contributed by atoms with E-state index in [2.05, 4.69) is 5.32 Å². The van der Waals surface area contributed by atoms with Crippen LogP contribution >= 0.6 is 11.6 Å². The molecule has 0 saturated heterocycles. The zero-order valence-electron chi connectivity index (χ0n) is 7.11. The molecule has 0 unspecified atom stereocenters. The Balaban J connectivity index is 1.98. The molecule has 2 rings (SSSR count). The molecule has 0 spiro atoms.